The number of nitrogens with zero attached hydrogens (tertiary/aromatic N) is 1. The van der Waals surface area contributed by atoms with Gasteiger partial charge in [-0.05, 0) is 66.2 Å². The summed E-state index contributed by atoms with van der Waals surface area (Å²) in [5.41, 5.74) is 4.87. The van der Waals surface area contributed by atoms with Gasteiger partial charge in [0, 0.05) is 16.6 Å². The molecule has 0 aliphatic heterocycles. The lowest BCUT2D eigenvalue weighted by Crippen LogP contribution is -2.33. The van der Waals surface area contributed by atoms with E-state index in [9.17, 15) is 4.79 Å². The van der Waals surface area contributed by atoms with E-state index in [0.29, 0.717) is 34.2 Å². The number of hydrogen-bond acceptors (Lipinski definition) is 5. The molecule has 6 nitrogen and oxygen atoms in total. The molecule has 0 saturated carbocycles. The lowest BCUT2D eigenvalue weighted by Gasteiger charge is -2.08. The molecule has 2 N–H and O–H groups in total. The van der Waals surface area contributed by atoms with Gasteiger partial charge < -0.3 is 14.2 Å². The van der Waals surface area contributed by atoms with Crippen molar-refractivity contribution in [2.45, 2.75) is 19.8 Å². The molecule has 0 spiro atoms. The normalized spacial score (nSPS) is 11.2. The molecule has 164 valence electrons. The number of thiocarbonyl (C=S) groups is 1. The molecule has 0 atom stereocenters. The Hall–Kier alpha value is -3.97. The molecule has 0 aliphatic carbocycles. The van der Waals surface area contributed by atoms with Crippen LogP contribution in [0.15, 0.2) is 81.6 Å². The first-order valence-corrected chi connectivity index (χ1v) is 11.0. The molecule has 2 heterocycles. The summed E-state index contributed by atoms with van der Waals surface area (Å²) in [7, 11) is 0. The minimum Gasteiger partial charge on any atom is -0.451 e. The molecule has 0 bridgehead atoms. The lowest BCUT2D eigenvalue weighted by molar-refractivity contribution is 0.0953. The van der Waals surface area contributed by atoms with Gasteiger partial charge in [-0.1, -0.05) is 44.2 Å². The Morgan fingerprint density at radius 3 is 2.48 bits per heavy atom. The number of amides is 1. The van der Waals surface area contributed by atoms with Crippen LogP contribution in [-0.2, 0) is 0 Å². The third-order valence-electron chi connectivity index (χ3n) is 5.35. The number of carbonyl (C=O) groups is 1. The largest absolute Gasteiger partial charge is 0.451 e. The fraction of sp³-hybridized carbons (Fsp3) is 0.115. The predicted molar refractivity (Wildman–Crippen MR) is 133 cm³/mol. The first-order valence-electron chi connectivity index (χ1n) is 10.6. The fourth-order valence-corrected chi connectivity index (χ4v) is 3.77. The number of hydrogen-bond donors (Lipinski definition) is 2. The van der Waals surface area contributed by atoms with Gasteiger partial charge in [-0.2, -0.15) is 0 Å². The van der Waals surface area contributed by atoms with Crippen LogP contribution in [0.1, 0.15) is 35.9 Å². The van der Waals surface area contributed by atoms with Gasteiger partial charge in [-0.15, -0.1) is 0 Å². The van der Waals surface area contributed by atoms with Crippen LogP contribution in [0.4, 0.5) is 5.69 Å². The maximum absolute atomic E-state index is 12.5. The van der Waals surface area contributed by atoms with Crippen molar-refractivity contribution >= 4 is 51.0 Å². The van der Waals surface area contributed by atoms with E-state index in [-0.39, 0.29) is 10.9 Å². The summed E-state index contributed by atoms with van der Waals surface area (Å²) in [5.74, 6) is 0.796. The first kappa shape index (κ1) is 20.9. The van der Waals surface area contributed by atoms with Crippen LogP contribution >= 0.6 is 12.2 Å². The Labute approximate surface area is 195 Å². The molecule has 0 fully saturated rings. The van der Waals surface area contributed by atoms with E-state index < -0.39 is 5.91 Å². The quantitative estimate of drug-likeness (QED) is 0.302. The maximum Gasteiger partial charge on any atom is 0.293 e. The molecule has 1 amide bonds. The maximum atomic E-state index is 12.5. The van der Waals surface area contributed by atoms with Gasteiger partial charge in [0.1, 0.15) is 11.1 Å². The highest BCUT2D eigenvalue weighted by atomic mass is 32.1. The van der Waals surface area contributed by atoms with Crippen molar-refractivity contribution in [3.05, 3.63) is 84.1 Å². The molecule has 2 aromatic heterocycles. The topological polar surface area (TPSA) is 80.3 Å². The Morgan fingerprint density at radius 1 is 0.939 bits per heavy atom. The van der Waals surface area contributed by atoms with Gasteiger partial charge in [0.2, 0.25) is 5.89 Å². The van der Waals surface area contributed by atoms with Gasteiger partial charge >= 0.3 is 0 Å². The molecule has 33 heavy (non-hydrogen) atoms. The van der Waals surface area contributed by atoms with E-state index in [4.69, 9.17) is 21.1 Å². The second-order valence-electron chi connectivity index (χ2n) is 8.03. The van der Waals surface area contributed by atoms with Crippen molar-refractivity contribution in [1.29, 1.82) is 0 Å². The van der Waals surface area contributed by atoms with E-state index in [1.54, 1.807) is 6.07 Å². The number of carbonyl (C=O) groups excluding carboxylic acids is 1. The molecule has 7 heteroatoms. The van der Waals surface area contributed by atoms with E-state index >= 15 is 0 Å². The SMILES string of the molecule is CC(C)c1ccc(-c2nc3cc(NC(=S)NC(=O)c4cc5ccccc5o4)ccc3o2)cc1. The van der Waals surface area contributed by atoms with Crippen LogP contribution in [-0.4, -0.2) is 16.0 Å². The summed E-state index contributed by atoms with van der Waals surface area (Å²) in [6, 6.07) is 22.8. The molecule has 0 aliphatic rings. The summed E-state index contributed by atoms with van der Waals surface area (Å²) in [5, 5.41) is 6.67. The van der Waals surface area contributed by atoms with Gasteiger partial charge in [0.05, 0.1) is 0 Å². The number of aromatic nitrogens is 1. The number of fused-ring (bicyclic) bond motifs is 2. The van der Waals surface area contributed by atoms with Crippen LogP contribution in [0.2, 0.25) is 0 Å². The second kappa shape index (κ2) is 8.52. The van der Waals surface area contributed by atoms with Gasteiger partial charge in [-0.25, -0.2) is 4.98 Å². The summed E-state index contributed by atoms with van der Waals surface area (Å²) >= 11 is 5.30. The van der Waals surface area contributed by atoms with Gasteiger partial charge in [0.25, 0.3) is 5.91 Å². The molecular weight excluding hydrogens is 434 g/mol. The van der Waals surface area contributed by atoms with Gasteiger partial charge in [-0.3, -0.25) is 10.1 Å². The number of oxazole rings is 1. The minimum absolute atomic E-state index is 0.160. The van der Waals surface area contributed by atoms with E-state index in [2.05, 4.69) is 41.6 Å². The van der Waals surface area contributed by atoms with Crippen molar-refractivity contribution in [2.75, 3.05) is 5.32 Å². The Morgan fingerprint density at radius 2 is 1.73 bits per heavy atom. The van der Waals surface area contributed by atoms with Crippen molar-refractivity contribution in [2.24, 2.45) is 0 Å². The fourth-order valence-electron chi connectivity index (χ4n) is 3.56. The van der Waals surface area contributed by atoms with Crippen molar-refractivity contribution < 1.29 is 13.6 Å². The zero-order valence-corrected chi connectivity index (χ0v) is 18.9. The third kappa shape index (κ3) is 4.36. The summed E-state index contributed by atoms with van der Waals surface area (Å²) in [4.78, 5) is 17.1. The Balaban J connectivity index is 1.29. The average molecular weight is 456 g/mol. The monoisotopic (exact) mass is 455 g/mol. The second-order valence-corrected chi connectivity index (χ2v) is 8.44. The number of nitrogens with one attached hydrogen (secondary N) is 2. The standard InChI is InChI=1S/C26H21N3O3S/c1-15(2)16-7-9-17(10-8-16)25-28-20-14-19(11-12-22(20)32-25)27-26(33)29-24(30)23-13-18-5-3-4-6-21(18)31-23/h3-15H,1-2H3,(H2,27,29,30,33). The highest BCUT2D eigenvalue weighted by Gasteiger charge is 2.14. The van der Waals surface area contributed by atoms with Crippen molar-refractivity contribution in [3.8, 4) is 11.5 Å². The summed E-state index contributed by atoms with van der Waals surface area (Å²) < 4.78 is 11.5. The number of benzene rings is 3. The van der Waals surface area contributed by atoms with Crippen LogP contribution in [0.5, 0.6) is 0 Å². The first-order chi connectivity index (χ1) is 16.0. The highest BCUT2D eigenvalue weighted by Crippen LogP contribution is 2.27. The summed E-state index contributed by atoms with van der Waals surface area (Å²) in [6.45, 7) is 4.32. The molecule has 0 saturated heterocycles. The van der Waals surface area contributed by atoms with Crippen molar-refractivity contribution in [3.63, 3.8) is 0 Å². The van der Waals surface area contributed by atoms with Crippen LogP contribution in [0.3, 0.4) is 0 Å². The minimum atomic E-state index is -0.418. The van der Waals surface area contributed by atoms with E-state index in [1.165, 1.54) is 5.56 Å². The van der Waals surface area contributed by atoms with Gasteiger partial charge in [0.15, 0.2) is 16.5 Å². The molecule has 5 rings (SSSR count). The molecular formula is C26H21N3O3S. The molecule has 5 aromatic rings. The third-order valence-corrected chi connectivity index (χ3v) is 5.55. The van der Waals surface area contributed by atoms with E-state index in [1.807, 2.05) is 54.6 Å². The number of anilines is 1. The zero-order valence-electron chi connectivity index (χ0n) is 18.1. The average Bonchev–Trinajstić information content (AvgIpc) is 3.43. The summed E-state index contributed by atoms with van der Waals surface area (Å²) in [6.07, 6.45) is 0. The Kier molecular flexibility index (Phi) is 5.40. The molecule has 0 radical (unpaired) electrons. The molecule has 3 aromatic carbocycles. The van der Waals surface area contributed by atoms with E-state index in [0.717, 1.165) is 10.9 Å². The van der Waals surface area contributed by atoms with Crippen LogP contribution in [0.25, 0.3) is 33.5 Å². The predicted octanol–water partition coefficient (Wildman–Crippen LogP) is 6.49. The highest BCUT2D eigenvalue weighted by molar-refractivity contribution is 7.80. The van der Waals surface area contributed by atoms with Crippen molar-refractivity contribution in [1.82, 2.24) is 10.3 Å². The number of furan rings is 1. The molecule has 0 unspecified atom stereocenters. The smallest absolute Gasteiger partial charge is 0.293 e. The number of para-hydroxylation sites is 1. The lowest BCUT2D eigenvalue weighted by atomic mass is 10.0. The zero-order chi connectivity index (χ0) is 22.9. The van der Waals surface area contributed by atoms with Crippen LogP contribution < -0.4 is 10.6 Å². The number of rotatable bonds is 4. The van der Waals surface area contributed by atoms with Crippen LogP contribution in [0, 0.1) is 0 Å². The Bertz CT molecular complexity index is 1450.